The van der Waals surface area contributed by atoms with Crippen LogP contribution in [0.25, 0.3) is 0 Å². The molecule has 3 heterocycles. The zero-order chi connectivity index (χ0) is 23.0. The lowest BCUT2D eigenvalue weighted by Crippen LogP contribution is -2.40. The van der Waals surface area contributed by atoms with Gasteiger partial charge in [-0.15, -0.1) is 0 Å². The van der Waals surface area contributed by atoms with Gasteiger partial charge >= 0.3 is 0 Å². The molecule has 0 aromatic heterocycles. The van der Waals surface area contributed by atoms with Crippen LogP contribution in [0, 0.1) is 0 Å². The predicted molar refractivity (Wildman–Crippen MR) is 116 cm³/mol. The monoisotopic (exact) mass is 440 g/mol. The normalized spacial score (nSPS) is 24.2. The van der Waals surface area contributed by atoms with Gasteiger partial charge in [0, 0.05) is 24.0 Å². The Bertz CT molecular complexity index is 1090. The molecule has 0 saturated heterocycles. The molecule has 2 aromatic carbocycles. The molecule has 0 amide bonds. The highest BCUT2D eigenvalue weighted by atomic mass is 16.5. The molecule has 0 radical (unpaired) electrons. The topological polar surface area (TPSA) is 105 Å². The molecule has 32 heavy (non-hydrogen) atoms. The molecule has 3 atom stereocenters. The highest BCUT2D eigenvalue weighted by molar-refractivity contribution is 6.04. The zero-order valence-electron chi connectivity index (χ0n) is 18.6. The Morgan fingerprint density at radius 2 is 1.28 bits per heavy atom. The SMILES string of the molecule is CC(C)(O)C1Cc2c(c3c(c4c2OC(c2ccc(O)cc2)CC4=O)OC(C(C)(C)O)C3)O1. The van der Waals surface area contributed by atoms with Crippen molar-refractivity contribution in [2.24, 2.45) is 0 Å². The molecule has 0 bridgehead atoms. The van der Waals surface area contributed by atoms with Crippen molar-refractivity contribution in [3.05, 3.63) is 46.5 Å². The van der Waals surface area contributed by atoms with E-state index in [0.29, 0.717) is 35.7 Å². The highest BCUT2D eigenvalue weighted by Gasteiger charge is 2.48. The summed E-state index contributed by atoms with van der Waals surface area (Å²) in [6, 6.07) is 6.61. The van der Waals surface area contributed by atoms with E-state index < -0.39 is 29.5 Å². The summed E-state index contributed by atoms with van der Waals surface area (Å²) in [6.07, 6.45) is -0.596. The average molecular weight is 440 g/mol. The van der Waals surface area contributed by atoms with Crippen molar-refractivity contribution in [1.82, 2.24) is 0 Å². The molecule has 7 heteroatoms. The van der Waals surface area contributed by atoms with Crippen LogP contribution < -0.4 is 14.2 Å². The molecule has 0 saturated carbocycles. The number of ether oxygens (including phenoxy) is 3. The van der Waals surface area contributed by atoms with Crippen molar-refractivity contribution >= 4 is 5.78 Å². The molecule has 3 aliphatic heterocycles. The third kappa shape index (κ3) is 3.31. The molecule has 3 aliphatic rings. The summed E-state index contributed by atoms with van der Waals surface area (Å²) in [7, 11) is 0. The molecule has 3 unspecified atom stereocenters. The number of ketones is 1. The number of aliphatic hydroxyl groups is 2. The van der Waals surface area contributed by atoms with E-state index in [1.165, 1.54) is 0 Å². The zero-order valence-corrected chi connectivity index (χ0v) is 18.6. The first-order valence-electron chi connectivity index (χ1n) is 10.9. The summed E-state index contributed by atoms with van der Waals surface area (Å²) in [5.41, 5.74) is 0.466. The Hall–Kier alpha value is -2.77. The summed E-state index contributed by atoms with van der Waals surface area (Å²) < 4.78 is 18.7. The van der Waals surface area contributed by atoms with E-state index in [1.54, 1.807) is 52.0 Å². The van der Waals surface area contributed by atoms with Gasteiger partial charge in [0.25, 0.3) is 0 Å². The molecule has 0 spiro atoms. The standard InChI is InChI=1S/C25H28O7/c1-24(2,28)18-9-14-21(31-18)15-10-19(25(3,4)29)32-23(15)20-16(27)11-17(30-22(14)20)12-5-7-13(26)8-6-12/h5-8,17-19,26,28-29H,9-11H2,1-4H3. The van der Waals surface area contributed by atoms with Crippen LogP contribution in [-0.2, 0) is 12.8 Å². The second kappa shape index (κ2) is 6.86. The van der Waals surface area contributed by atoms with Gasteiger partial charge in [0.05, 0.1) is 17.6 Å². The van der Waals surface area contributed by atoms with Crippen LogP contribution in [-0.4, -0.2) is 44.5 Å². The maximum absolute atomic E-state index is 13.4. The van der Waals surface area contributed by atoms with E-state index in [9.17, 15) is 20.1 Å². The van der Waals surface area contributed by atoms with Gasteiger partial charge in [0.2, 0.25) is 0 Å². The number of carbonyl (C=O) groups is 1. The minimum Gasteiger partial charge on any atom is -0.508 e. The molecule has 170 valence electrons. The Labute approximate surface area is 186 Å². The number of carbonyl (C=O) groups excluding carboxylic acids is 1. The van der Waals surface area contributed by atoms with Crippen molar-refractivity contribution in [3.63, 3.8) is 0 Å². The summed E-state index contributed by atoms with van der Waals surface area (Å²) in [5.74, 6) is 1.46. The largest absolute Gasteiger partial charge is 0.508 e. The lowest BCUT2D eigenvalue weighted by Gasteiger charge is -2.29. The lowest BCUT2D eigenvalue weighted by atomic mass is 9.88. The van der Waals surface area contributed by atoms with E-state index >= 15 is 0 Å². The molecule has 0 aliphatic carbocycles. The van der Waals surface area contributed by atoms with Crippen LogP contribution in [0.3, 0.4) is 0 Å². The van der Waals surface area contributed by atoms with E-state index in [1.807, 2.05) is 0 Å². The van der Waals surface area contributed by atoms with E-state index in [0.717, 1.165) is 16.7 Å². The maximum atomic E-state index is 13.4. The number of benzene rings is 2. The van der Waals surface area contributed by atoms with Crippen LogP contribution >= 0.6 is 0 Å². The van der Waals surface area contributed by atoms with Gasteiger partial charge in [-0.1, -0.05) is 12.1 Å². The van der Waals surface area contributed by atoms with Crippen molar-refractivity contribution < 1.29 is 34.3 Å². The molecule has 0 fully saturated rings. The first kappa shape index (κ1) is 21.1. The Balaban J connectivity index is 1.63. The molecular formula is C25H28O7. The first-order valence-corrected chi connectivity index (χ1v) is 10.9. The average Bonchev–Trinajstić information content (AvgIpc) is 3.32. The second-order valence-corrected chi connectivity index (χ2v) is 10.1. The quantitative estimate of drug-likeness (QED) is 0.673. The van der Waals surface area contributed by atoms with E-state index in [-0.39, 0.29) is 18.0 Å². The van der Waals surface area contributed by atoms with Gasteiger partial charge < -0.3 is 29.5 Å². The number of Topliss-reactive ketones (excluding diaryl/α,β-unsaturated/α-hetero) is 1. The van der Waals surface area contributed by atoms with Gasteiger partial charge in [-0.3, -0.25) is 4.79 Å². The number of hydrogen-bond acceptors (Lipinski definition) is 7. The highest BCUT2D eigenvalue weighted by Crippen LogP contribution is 2.55. The van der Waals surface area contributed by atoms with Crippen molar-refractivity contribution in [2.45, 2.75) is 76.5 Å². The van der Waals surface area contributed by atoms with Gasteiger partial charge in [-0.05, 0) is 45.4 Å². The third-order valence-corrected chi connectivity index (χ3v) is 6.60. The fraction of sp³-hybridized carbons (Fsp3) is 0.480. The summed E-state index contributed by atoms with van der Waals surface area (Å²) in [5, 5.41) is 30.8. The molecule has 7 nitrogen and oxygen atoms in total. The summed E-state index contributed by atoms with van der Waals surface area (Å²) >= 11 is 0. The summed E-state index contributed by atoms with van der Waals surface area (Å²) in [4.78, 5) is 13.4. The predicted octanol–water partition coefficient (Wildman–Crippen LogP) is 3.25. The molecule has 3 N–H and O–H groups in total. The summed E-state index contributed by atoms with van der Waals surface area (Å²) in [6.45, 7) is 6.74. The van der Waals surface area contributed by atoms with Crippen molar-refractivity contribution in [1.29, 1.82) is 0 Å². The fourth-order valence-corrected chi connectivity index (χ4v) is 4.68. The number of hydrogen-bond donors (Lipinski definition) is 3. The number of phenolic OH excluding ortho intramolecular Hbond substituents is 1. The van der Waals surface area contributed by atoms with Crippen LogP contribution in [0.4, 0.5) is 0 Å². The van der Waals surface area contributed by atoms with Crippen molar-refractivity contribution in [2.75, 3.05) is 0 Å². The Morgan fingerprint density at radius 1 is 0.781 bits per heavy atom. The number of phenols is 1. The van der Waals surface area contributed by atoms with Crippen LogP contribution in [0.1, 0.15) is 67.3 Å². The second-order valence-electron chi connectivity index (χ2n) is 10.1. The van der Waals surface area contributed by atoms with E-state index in [2.05, 4.69) is 0 Å². The van der Waals surface area contributed by atoms with Gasteiger partial charge in [-0.25, -0.2) is 0 Å². The van der Waals surface area contributed by atoms with Gasteiger partial charge in [0.15, 0.2) is 5.78 Å². The van der Waals surface area contributed by atoms with E-state index in [4.69, 9.17) is 14.2 Å². The number of rotatable bonds is 3. The van der Waals surface area contributed by atoms with Crippen LogP contribution in [0.2, 0.25) is 0 Å². The molecule has 2 aromatic rings. The van der Waals surface area contributed by atoms with Crippen LogP contribution in [0.5, 0.6) is 23.0 Å². The number of fused-ring (bicyclic) bond motifs is 6. The molecule has 5 rings (SSSR count). The van der Waals surface area contributed by atoms with Gasteiger partial charge in [0.1, 0.15) is 46.9 Å². The minimum absolute atomic E-state index is 0.105. The minimum atomic E-state index is -1.11. The van der Waals surface area contributed by atoms with Crippen molar-refractivity contribution in [3.8, 4) is 23.0 Å². The number of aromatic hydroxyl groups is 1. The maximum Gasteiger partial charge on any atom is 0.174 e. The lowest BCUT2D eigenvalue weighted by molar-refractivity contribution is -0.0254. The Morgan fingerprint density at radius 3 is 1.81 bits per heavy atom. The smallest absolute Gasteiger partial charge is 0.174 e. The first-order chi connectivity index (χ1) is 14.9. The third-order valence-electron chi connectivity index (χ3n) is 6.60. The van der Waals surface area contributed by atoms with Crippen LogP contribution in [0.15, 0.2) is 24.3 Å². The fourth-order valence-electron chi connectivity index (χ4n) is 4.68. The Kier molecular flexibility index (Phi) is 4.52. The van der Waals surface area contributed by atoms with Gasteiger partial charge in [-0.2, -0.15) is 0 Å². The molecular weight excluding hydrogens is 412 g/mol.